The Hall–Kier alpha value is -5.79. The minimum absolute atomic E-state index is 0.173. The first-order valence-electron chi connectivity index (χ1n) is 22.2. The Morgan fingerprint density at radius 2 is 0.769 bits per heavy atom. The van der Waals surface area contributed by atoms with Gasteiger partial charge in [-0.15, -0.1) is 0 Å². The molecule has 2 aliphatic rings. The lowest BCUT2D eigenvalue weighted by atomic mass is 10.1. The van der Waals surface area contributed by atoms with Gasteiger partial charge in [0.25, 0.3) is 10.0 Å². The van der Waals surface area contributed by atoms with E-state index >= 15 is 0 Å². The summed E-state index contributed by atoms with van der Waals surface area (Å²) in [4.78, 5) is 36.8. The number of benzene rings is 4. The van der Waals surface area contributed by atoms with Crippen LogP contribution >= 0.6 is 0 Å². The molecule has 0 amide bonds. The van der Waals surface area contributed by atoms with E-state index in [1.807, 2.05) is 111 Å². The second kappa shape index (κ2) is 19.4. The Balaban J connectivity index is 0.000000202. The SMILES string of the molecule is C=C(C)COC(CC)[Si](C)(C)O[SiH2]O[Si](C)(C)C(CC)OCC(=C)C.c1ccc2c(c1)-c1nc-2nc2[nH]c(nc3nc(nc4[nH]c(n1)c1ccccc41)-c1ccccc1-3)c1ccccc21. The molecule has 2 unspecified atom stereocenters. The number of fused-ring (bicyclic) bond motifs is 20. The number of nitrogens with one attached hydrogen (secondary N) is 2. The normalized spacial score (nSPS) is 13.4. The highest BCUT2D eigenvalue weighted by Crippen LogP contribution is 2.36. The summed E-state index contributed by atoms with van der Waals surface area (Å²) in [6.45, 7) is 26.2. The van der Waals surface area contributed by atoms with Crippen molar-refractivity contribution in [2.24, 2.45) is 0 Å². The van der Waals surface area contributed by atoms with E-state index in [9.17, 15) is 0 Å². The molecule has 5 heterocycles. The number of H-pyrrole nitrogens is 2. The molecule has 0 saturated heterocycles. The van der Waals surface area contributed by atoms with E-state index in [1.54, 1.807) is 0 Å². The van der Waals surface area contributed by atoms with E-state index < -0.39 is 26.6 Å². The van der Waals surface area contributed by atoms with Crippen molar-refractivity contribution in [1.29, 1.82) is 0 Å². The Labute approximate surface area is 385 Å². The highest BCUT2D eigenvalue weighted by atomic mass is 28.4. The number of aromatic nitrogens is 8. The van der Waals surface area contributed by atoms with Crippen LogP contribution in [0.15, 0.2) is 121 Å². The van der Waals surface area contributed by atoms with Crippen LogP contribution in [0.4, 0.5) is 0 Å². The first-order chi connectivity index (χ1) is 31.3. The fraction of sp³-hybridized carbons (Fsp3) is 0.280. The quantitative estimate of drug-likeness (QED) is 0.0798. The van der Waals surface area contributed by atoms with Gasteiger partial charge in [-0.25, -0.2) is 29.9 Å². The number of ether oxygens (including phenoxy) is 2. The standard InChI is InChI=1S/C32H18N8.C18H40O4Si3/c1-2-10-18-17(9-1)25-33-26(18)38-28-21-13-5-6-14-22(21)30(35-28)40-32-24-16-8-7-15-23(24)31(36-32)39-29-20-12-4-3-11-19(20)27(34-29)37-25;1-11-17(19-13-15(3)4)24(7,8)21-23-22-25(9,10)18(12-2)20-14-16(5)6/h1-16H,(H2,33,34,35,36,37,38,39,40);17-18H,3,5,11-14,23H2,1-2,4,6-10H3. The first-order valence-corrected chi connectivity index (χ1v) is 29.4. The topological polar surface area (TPSA) is 146 Å². The molecule has 0 saturated carbocycles. The van der Waals surface area contributed by atoms with Crippen molar-refractivity contribution in [3.8, 4) is 45.6 Å². The van der Waals surface area contributed by atoms with Crippen LogP contribution in [0, 0.1) is 0 Å². The Bertz CT molecular complexity index is 2720. The molecule has 4 aromatic carbocycles. The average molecular weight is 919 g/mol. The number of aromatic amines is 2. The predicted molar refractivity (Wildman–Crippen MR) is 271 cm³/mol. The molecular weight excluding hydrogens is 861 g/mol. The molecule has 0 fully saturated rings. The summed E-state index contributed by atoms with van der Waals surface area (Å²) in [5, 5.41) is 3.82. The van der Waals surface area contributed by atoms with Crippen LogP contribution in [-0.2, 0) is 17.7 Å². The second-order valence-electron chi connectivity index (χ2n) is 17.7. The van der Waals surface area contributed by atoms with Gasteiger partial charge in [-0.3, -0.25) is 0 Å². The third kappa shape index (κ3) is 9.91. The van der Waals surface area contributed by atoms with Gasteiger partial charge in [0.2, 0.25) is 16.6 Å². The van der Waals surface area contributed by atoms with Crippen LogP contribution in [0.2, 0.25) is 26.2 Å². The van der Waals surface area contributed by atoms with Crippen molar-refractivity contribution in [3.05, 3.63) is 121 Å². The van der Waals surface area contributed by atoms with E-state index in [0.717, 1.165) is 67.8 Å². The van der Waals surface area contributed by atoms with Gasteiger partial charge in [-0.2, -0.15) is 0 Å². The molecule has 9 rings (SSSR count). The van der Waals surface area contributed by atoms with Crippen molar-refractivity contribution in [2.45, 2.75) is 78.2 Å². The molecule has 2 aliphatic heterocycles. The fourth-order valence-electron chi connectivity index (χ4n) is 8.22. The summed E-state index contributed by atoms with van der Waals surface area (Å²) in [6, 6.07) is 32.2. The van der Waals surface area contributed by atoms with Crippen LogP contribution in [0.3, 0.4) is 0 Å². The predicted octanol–water partition coefficient (Wildman–Crippen LogP) is 11.1. The van der Waals surface area contributed by atoms with E-state index in [0.29, 0.717) is 59.1 Å². The lowest BCUT2D eigenvalue weighted by molar-refractivity contribution is 0.102. The number of nitrogens with zero attached hydrogens (tertiary/aromatic N) is 6. The van der Waals surface area contributed by atoms with Crippen LogP contribution in [-0.4, -0.2) is 91.2 Å². The number of rotatable bonds is 14. The van der Waals surface area contributed by atoms with Gasteiger partial charge in [0.1, 0.15) is 22.6 Å². The third-order valence-electron chi connectivity index (χ3n) is 11.7. The zero-order valence-electron chi connectivity index (χ0n) is 38.7. The zero-order chi connectivity index (χ0) is 45.9. The number of hydrogen-bond donors (Lipinski definition) is 2. The van der Waals surface area contributed by atoms with Gasteiger partial charge in [0, 0.05) is 43.8 Å². The number of hydrogen-bond acceptors (Lipinski definition) is 10. The molecule has 65 heavy (non-hydrogen) atoms. The van der Waals surface area contributed by atoms with Crippen LogP contribution < -0.4 is 0 Å². The molecule has 2 atom stereocenters. The molecule has 8 bridgehead atoms. The molecule has 0 aliphatic carbocycles. The van der Waals surface area contributed by atoms with Crippen LogP contribution in [0.5, 0.6) is 0 Å². The van der Waals surface area contributed by atoms with Crippen molar-refractivity contribution in [3.63, 3.8) is 0 Å². The molecule has 0 radical (unpaired) electrons. The maximum absolute atomic E-state index is 6.33. The van der Waals surface area contributed by atoms with E-state index in [2.05, 4.69) is 63.2 Å². The highest BCUT2D eigenvalue weighted by Gasteiger charge is 2.37. The molecule has 7 aromatic rings. The summed E-state index contributed by atoms with van der Waals surface area (Å²) in [7, 11) is -4.94. The second-order valence-corrected chi connectivity index (χ2v) is 28.0. The van der Waals surface area contributed by atoms with Crippen molar-refractivity contribution < 1.29 is 17.7 Å². The summed E-state index contributed by atoms with van der Waals surface area (Å²) < 4.78 is 24.7. The van der Waals surface area contributed by atoms with Crippen molar-refractivity contribution in [2.75, 3.05) is 13.2 Å². The monoisotopic (exact) mass is 918 g/mol. The zero-order valence-corrected chi connectivity index (χ0v) is 42.1. The summed E-state index contributed by atoms with van der Waals surface area (Å²) in [5.41, 5.74) is 8.89. The van der Waals surface area contributed by atoms with Gasteiger partial charge < -0.3 is 27.7 Å². The first kappa shape index (κ1) is 45.8. The van der Waals surface area contributed by atoms with E-state index in [4.69, 9.17) is 47.6 Å². The molecule has 0 spiro atoms. The maximum atomic E-state index is 6.33. The molecule has 3 aromatic heterocycles. The summed E-state index contributed by atoms with van der Waals surface area (Å²) in [5.74, 6) is 2.39. The lowest BCUT2D eigenvalue weighted by Gasteiger charge is -2.35. The van der Waals surface area contributed by atoms with Crippen LogP contribution in [0.1, 0.15) is 40.5 Å². The molecule has 12 nitrogen and oxygen atoms in total. The van der Waals surface area contributed by atoms with Gasteiger partial charge in [-0.1, -0.05) is 135 Å². The van der Waals surface area contributed by atoms with Gasteiger partial charge in [0.15, 0.2) is 23.3 Å². The van der Waals surface area contributed by atoms with Gasteiger partial charge in [-0.05, 0) is 52.9 Å². The minimum atomic E-state index is -1.94. The smallest absolute Gasteiger partial charge is 0.283 e. The molecule has 2 N–H and O–H groups in total. The van der Waals surface area contributed by atoms with Gasteiger partial charge >= 0.3 is 0 Å². The average Bonchev–Trinajstić information content (AvgIpc) is 4.02. The molecular formula is C50H58N8O4Si3. The Morgan fingerprint density at radius 1 is 0.492 bits per heavy atom. The highest BCUT2D eigenvalue weighted by molar-refractivity contribution is 6.79. The molecule has 334 valence electrons. The molecule has 15 heteroatoms. The van der Waals surface area contributed by atoms with E-state index in [1.165, 1.54) is 0 Å². The third-order valence-corrected chi connectivity index (χ3v) is 22.8. The maximum Gasteiger partial charge on any atom is 0.283 e. The Kier molecular flexibility index (Phi) is 13.6. The van der Waals surface area contributed by atoms with E-state index in [-0.39, 0.29) is 11.5 Å². The summed E-state index contributed by atoms with van der Waals surface area (Å²) >= 11 is 0. The van der Waals surface area contributed by atoms with Crippen LogP contribution in [0.25, 0.3) is 89.7 Å². The Morgan fingerprint density at radius 3 is 1.03 bits per heavy atom. The van der Waals surface area contributed by atoms with Crippen molar-refractivity contribution in [1.82, 2.24) is 39.9 Å². The lowest BCUT2D eigenvalue weighted by Crippen LogP contribution is -2.51. The van der Waals surface area contributed by atoms with Crippen molar-refractivity contribution >= 4 is 70.8 Å². The summed E-state index contributed by atoms with van der Waals surface area (Å²) in [6.07, 6.45) is 1.92. The largest absolute Gasteiger partial charge is 0.439 e. The van der Waals surface area contributed by atoms with Gasteiger partial charge in [0.05, 0.1) is 24.7 Å². The fourth-order valence-corrected chi connectivity index (χ4v) is 15.8. The minimum Gasteiger partial charge on any atom is -0.439 e.